The summed E-state index contributed by atoms with van der Waals surface area (Å²) >= 11 is 12.4. The Bertz CT molecular complexity index is 1920. The Labute approximate surface area is 263 Å². The molecule has 4 amide bonds. The van der Waals surface area contributed by atoms with Crippen molar-refractivity contribution in [2.24, 2.45) is 0 Å². The van der Waals surface area contributed by atoms with E-state index >= 15 is 0 Å². The second-order valence-corrected chi connectivity index (χ2v) is 10.8. The van der Waals surface area contributed by atoms with Gasteiger partial charge in [-0.2, -0.15) is 0 Å². The number of halogens is 2. The van der Waals surface area contributed by atoms with Crippen LogP contribution in [-0.4, -0.2) is 17.8 Å². The van der Waals surface area contributed by atoms with Crippen LogP contribution in [0.5, 0.6) is 11.5 Å². The minimum atomic E-state index is -0.845. The molecule has 1 aliphatic rings. The SMILES string of the molecule is O=C1NC(=O)N(c2ccc(OCc3ccc(Cl)cc3)cc2)C(=O)/C1=C/c1ccc(OCc2cccc3ccccc23)c(Cl)c1. The fourth-order valence-electron chi connectivity index (χ4n) is 4.80. The van der Waals surface area contributed by atoms with Gasteiger partial charge in [-0.05, 0) is 82.1 Å². The Kier molecular flexibility index (Phi) is 8.32. The number of nitrogens with one attached hydrogen (secondary N) is 1. The molecule has 44 heavy (non-hydrogen) atoms. The Balaban J connectivity index is 1.15. The van der Waals surface area contributed by atoms with Gasteiger partial charge in [0.1, 0.15) is 30.3 Å². The van der Waals surface area contributed by atoms with Crippen LogP contribution in [0.1, 0.15) is 16.7 Å². The van der Waals surface area contributed by atoms with E-state index in [1.807, 2.05) is 54.6 Å². The van der Waals surface area contributed by atoms with Gasteiger partial charge in [0.05, 0.1) is 10.7 Å². The average Bonchev–Trinajstić information content (AvgIpc) is 3.03. The lowest BCUT2D eigenvalue weighted by Gasteiger charge is -2.26. The first-order valence-corrected chi connectivity index (χ1v) is 14.4. The predicted octanol–water partition coefficient (Wildman–Crippen LogP) is 7.97. The molecule has 0 atom stereocenters. The van der Waals surface area contributed by atoms with Crippen molar-refractivity contribution in [3.63, 3.8) is 0 Å². The molecule has 7 nitrogen and oxygen atoms in total. The number of fused-ring (bicyclic) bond motifs is 1. The van der Waals surface area contributed by atoms with Gasteiger partial charge in [-0.15, -0.1) is 0 Å². The van der Waals surface area contributed by atoms with Crippen molar-refractivity contribution >= 4 is 63.6 Å². The molecule has 1 aliphatic heterocycles. The van der Waals surface area contributed by atoms with Crippen LogP contribution < -0.4 is 19.7 Å². The molecule has 0 bridgehead atoms. The standard InChI is InChI=1S/C35H24Cl2N2O5/c36-26-11-8-22(9-12-26)20-43-28-15-13-27(14-16-28)39-34(41)30(33(40)38-35(39)42)18-23-10-17-32(31(37)19-23)44-21-25-6-3-5-24-4-1-2-7-29(24)25/h1-19H,20-21H2,(H,38,40,42)/b30-18+. The molecular weight excluding hydrogens is 599 g/mol. The van der Waals surface area contributed by atoms with Crippen LogP contribution in [0, 0.1) is 0 Å². The maximum absolute atomic E-state index is 13.4. The van der Waals surface area contributed by atoms with Gasteiger partial charge in [0, 0.05) is 5.02 Å². The molecule has 9 heteroatoms. The van der Waals surface area contributed by atoms with Gasteiger partial charge in [-0.25, -0.2) is 9.69 Å². The number of ether oxygens (including phenoxy) is 2. The van der Waals surface area contributed by atoms with Crippen LogP contribution >= 0.6 is 23.2 Å². The number of rotatable bonds is 8. The molecule has 5 aromatic rings. The number of imide groups is 2. The summed E-state index contributed by atoms with van der Waals surface area (Å²) in [6, 6.07) is 31.9. The van der Waals surface area contributed by atoms with Gasteiger partial charge in [0.2, 0.25) is 0 Å². The van der Waals surface area contributed by atoms with Crippen molar-refractivity contribution in [1.82, 2.24) is 5.32 Å². The first-order chi connectivity index (χ1) is 21.4. The van der Waals surface area contributed by atoms with E-state index in [0.29, 0.717) is 40.3 Å². The van der Waals surface area contributed by atoms with Gasteiger partial charge >= 0.3 is 6.03 Å². The van der Waals surface area contributed by atoms with Gasteiger partial charge in [0.15, 0.2) is 0 Å². The fourth-order valence-corrected chi connectivity index (χ4v) is 5.16. The quantitative estimate of drug-likeness (QED) is 0.140. The van der Waals surface area contributed by atoms with Crippen molar-refractivity contribution in [2.45, 2.75) is 13.2 Å². The van der Waals surface area contributed by atoms with Crippen molar-refractivity contribution in [3.8, 4) is 11.5 Å². The van der Waals surface area contributed by atoms with Crippen molar-refractivity contribution in [2.75, 3.05) is 4.90 Å². The van der Waals surface area contributed by atoms with Gasteiger partial charge in [0.25, 0.3) is 11.8 Å². The minimum Gasteiger partial charge on any atom is -0.489 e. The highest BCUT2D eigenvalue weighted by atomic mass is 35.5. The number of nitrogens with zero attached hydrogens (tertiary/aromatic N) is 1. The van der Waals surface area contributed by atoms with E-state index in [0.717, 1.165) is 26.8 Å². The zero-order chi connectivity index (χ0) is 30.6. The number of hydrogen-bond donors (Lipinski definition) is 1. The maximum atomic E-state index is 13.4. The summed E-state index contributed by atoms with van der Waals surface area (Å²) in [5.74, 6) is -0.568. The number of urea groups is 1. The number of hydrogen-bond acceptors (Lipinski definition) is 5. The van der Waals surface area contributed by atoms with Crippen LogP contribution in [0.4, 0.5) is 10.5 Å². The molecule has 218 valence electrons. The molecule has 1 N–H and O–H groups in total. The smallest absolute Gasteiger partial charge is 0.335 e. The lowest BCUT2D eigenvalue weighted by atomic mass is 10.1. The van der Waals surface area contributed by atoms with E-state index in [1.54, 1.807) is 54.6 Å². The lowest BCUT2D eigenvalue weighted by Crippen LogP contribution is -2.54. The number of benzene rings is 5. The molecule has 0 saturated carbocycles. The summed E-state index contributed by atoms with van der Waals surface area (Å²) in [5.41, 5.74) is 2.50. The van der Waals surface area contributed by atoms with E-state index in [2.05, 4.69) is 5.32 Å². The highest BCUT2D eigenvalue weighted by Gasteiger charge is 2.36. The normalized spacial score (nSPS) is 14.2. The number of carbonyl (C=O) groups excluding carboxylic acids is 3. The van der Waals surface area contributed by atoms with Crippen molar-refractivity contribution < 1.29 is 23.9 Å². The molecule has 0 aromatic heterocycles. The van der Waals surface area contributed by atoms with Gasteiger partial charge < -0.3 is 9.47 Å². The molecular formula is C35H24Cl2N2O5. The van der Waals surface area contributed by atoms with E-state index in [-0.39, 0.29) is 11.3 Å². The summed E-state index contributed by atoms with van der Waals surface area (Å²) in [6.45, 7) is 0.626. The summed E-state index contributed by atoms with van der Waals surface area (Å²) in [6.07, 6.45) is 1.39. The van der Waals surface area contributed by atoms with E-state index in [1.165, 1.54) is 6.08 Å². The van der Waals surface area contributed by atoms with Crippen LogP contribution in [0.3, 0.4) is 0 Å². The number of barbiturate groups is 1. The van der Waals surface area contributed by atoms with Crippen molar-refractivity contribution in [3.05, 3.63) is 142 Å². The molecule has 0 spiro atoms. The third kappa shape index (κ3) is 6.29. The summed E-state index contributed by atoms with van der Waals surface area (Å²) in [7, 11) is 0. The molecule has 1 fully saturated rings. The second-order valence-electron chi connectivity index (χ2n) is 9.98. The second kappa shape index (κ2) is 12.6. The van der Waals surface area contributed by atoms with Gasteiger partial charge in [-0.3, -0.25) is 14.9 Å². The summed E-state index contributed by atoms with van der Waals surface area (Å²) in [4.78, 5) is 39.6. The predicted molar refractivity (Wildman–Crippen MR) is 171 cm³/mol. The van der Waals surface area contributed by atoms with E-state index in [9.17, 15) is 14.4 Å². The molecule has 1 saturated heterocycles. The summed E-state index contributed by atoms with van der Waals surface area (Å²) < 4.78 is 11.8. The zero-order valence-electron chi connectivity index (χ0n) is 23.1. The largest absolute Gasteiger partial charge is 0.489 e. The molecule has 0 aliphatic carbocycles. The van der Waals surface area contributed by atoms with Crippen LogP contribution in [-0.2, 0) is 22.8 Å². The molecule has 0 radical (unpaired) electrons. The Morgan fingerprint density at radius 3 is 2.27 bits per heavy atom. The molecule has 0 unspecified atom stereocenters. The molecule has 1 heterocycles. The highest BCUT2D eigenvalue weighted by Crippen LogP contribution is 2.30. The lowest BCUT2D eigenvalue weighted by molar-refractivity contribution is -0.122. The third-order valence-corrected chi connectivity index (χ3v) is 7.59. The maximum Gasteiger partial charge on any atom is 0.335 e. The number of anilines is 1. The number of carbonyl (C=O) groups is 3. The Morgan fingerprint density at radius 1 is 0.750 bits per heavy atom. The van der Waals surface area contributed by atoms with Crippen LogP contribution in [0.2, 0.25) is 10.0 Å². The van der Waals surface area contributed by atoms with E-state index in [4.69, 9.17) is 32.7 Å². The minimum absolute atomic E-state index is 0.215. The molecule has 5 aromatic carbocycles. The summed E-state index contributed by atoms with van der Waals surface area (Å²) in [5, 5.41) is 5.38. The fraction of sp³-hybridized carbons (Fsp3) is 0.0571. The number of amides is 4. The van der Waals surface area contributed by atoms with Crippen LogP contribution in [0.15, 0.2) is 115 Å². The van der Waals surface area contributed by atoms with E-state index < -0.39 is 17.8 Å². The Morgan fingerprint density at radius 2 is 1.50 bits per heavy atom. The monoisotopic (exact) mass is 622 g/mol. The van der Waals surface area contributed by atoms with Crippen molar-refractivity contribution in [1.29, 1.82) is 0 Å². The van der Waals surface area contributed by atoms with Gasteiger partial charge in [-0.1, -0.05) is 83.9 Å². The first kappa shape index (κ1) is 29.0. The Hall–Kier alpha value is -5.11. The highest BCUT2D eigenvalue weighted by molar-refractivity contribution is 6.39. The third-order valence-electron chi connectivity index (χ3n) is 7.05. The average molecular weight is 623 g/mol. The van der Waals surface area contributed by atoms with Crippen LogP contribution in [0.25, 0.3) is 16.8 Å². The topological polar surface area (TPSA) is 84.9 Å². The first-order valence-electron chi connectivity index (χ1n) is 13.6. The zero-order valence-corrected chi connectivity index (χ0v) is 24.6. The molecule has 6 rings (SSSR count).